The van der Waals surface area contributed by atoms with E-state index in [0.717, 1.165) is 17.0 Å². The van der Waals surface area contributed by atoms with Gasteiger partial charge in [0.05, 0.1) is 5.37 Å². The number of fused-ring (bicyclic) bond motifs is 1. The minimum Gasteiger partial charge on any atom is -0.296 e. The normalized spacial score (nSPS) is 19.0. The maximum Gasteiger partial charge on any atom is 0.161 e. The molecule has 0 amide bonds. The number of benzene rings is 1. The van der Waals surface area contributed by atoms with Crippen LogP contribution in [0.25, 0.3) is 22.6 Å². The first-order chi connectivity index (χ1) is 10.4. The van der Waals surface area contributed by atoms with Gasteiger partial charge >= 0.3 is 0 Å². The van der Waals surface area contributed by atoms with Crippen LogP contribution in [0.15, 0.2) is 48.7 Å². The third-order valence-corrected chi connectivity index (χ3v) is 5.28. The predicted octanol–water partition coefficient (Wildman–Crippen LogP) is 4.51. The van der Waals surface area contributed by atoms with Gasteiger partial charge in [0, 0.05) is 11.8 Å². The monoisotopic (exact) mass is 295 g/mol. The molecule has 1 aromatic carbocycles. The maximum absolute atomic E-state index is 4.85. The molecule has 21 heavy (non-hydrogen) atoms. The minimum atomic E-state index is 0.453. The lowest BCUT2D eigenvalue weighted by Crippen LogP contribution is -2.12. The van der Waals surface area contributed by atoms with Gasteiger partial charge in [-0.1, -0.05) is 30.3 Å². The molecule has 0 bridgehead atoms. The van der Waals surface area contributed by atoms with Crippen LogP contribution in [0.2, 0.25) is 0 Å². The van der Waals surface area contributed by atoms with E-state index in [-0.39, 0.29) is 0 Å². The molecule has 0 radical (unpaired) electrons. The number of imidazole rings is 1. The topological polar surface area (TPSA) is 30.7 Å². The Kier molecular flexibility index (Phi) is 3.39. The number of thioether (sulfide) groups is 1. The highest BCUT2D eigenvalue weighted by molar-refractivity contribution is 7.99. The van der Waals surface area contributed by atoms with Crippen LogP contribution in [0.4, 0.5) is 0 Å². The largest absolute Gasteiger partial charge is 0.296 e. The summed E-state index contributed by atoms with van der Waals surface area (Å²) in [6.07, 6.45) is 5.68. The van der Waals surface area contributed by atoms with Gasteiger partial charge in [0.1, 0.15) is 11.3 Å². The average molecular weight is 295 g/mol. The fourth-order valence-electron chi connectivity index (χ4n) is 2.92. The SMILES string of the molecule is c1ccc(-c2nc3cccnc3n2C2CCCCS2)cc1. The molecule has 0 aliphatic carbocycles. The van der Waals surface area contributed by atoms with Crippen molar-refractivity contribution in [2.45, 2.75) is 24.6 Å². The van der Waals surface area contributed by atoms with Crippen molar-refractivity contribution in [1.82, 2.24) is 14.5 Å². The molecule has 3 aromatic rings. The molecule has 1 aliphatic heterocycles. The molecule has 1 atom stereocenters. The summed E-state index contributed by atoms with van der Waals surface area (Å²) in [7, 11) is 0. The second kappa shape index (κ2) is 5.53. The maximum atomic E-state index is 4.85. The first-order valence-corrected chi connectivity index (χ1v) is 8.48. The Balaban J connectivity index is 1.92. The Morgan fingerprint density at radius 1 is 1.05 bits per heavy atom. The summed E-state index contributed by atoms with van der Waals surface area (Å²) >= 11 is 2.03. The Labute approximate surface area is 128 Å². The molecule has 0 saturated carbocycles. The summed E-state index contributed by atoms with van der Waals surface area (Å²) in [6, 6.07) is 14.5. The third kappa shape index (κ3) is 2.33. The number of pyridine rings is 1. The molecule has 1 fully saturated rings. The molecule has 0 spiro atoms. The third-order valence-electron chi connectivity index (χ3n) is 3.92. The Morgan fingerprint density at radius 2 is 1.95 bits per heavy atom. The molecule has 106 valence electrons. The van der Waals surface area contributed by atoms with Gasteiger partial charge in [0.2, 0.25) is 0 Å². The van der Waals surface area contributed by atoms with Crippen LogP contribution in [-0.4, -0.2) is 20.3 Å². The van der Waals surface area contributed by atoms with Crippen molar-refractivity contribution in [1.29, 1.82) is 0 Å². The van der Waals surface area contributed by atoms with Gasteiger partial charge in [-0.2, -0.15) is 0 Å². The van der Waals surface area contributed by atoms with E-state index < -0.39 is 0 Å². The first-order valence-electron chi connectivity index (χ1n) is 7.43. The van der Waals surface area contributed by atoms with E-state index in [0.29, 0.717) is 5.37 Å². The van der Waals surface area contributed by atoms with E-state index in [1.807, 2.05) is 30.1 Å². The van der Waals surface area contributed by atoms with Crippen LogP contribution < -0.4 is 0 Å². The van der Waals surface area contributed by atoms with Gasteiger partial charge in [-0.3, -0.25) is 4.57 Å². The number of rotatable bonds is 2. The summed E-state index contributed by atoms with van der Waals surface area (Å²) in [4.78, 5) is 9.43. The van der Waals surface area contributed by atoms with Crippen LogP contribution in [0.5, 0.6) is 0 Å². The van der Waals surface area contributed by atoms with Crippen LogP contribution in [0.3, 0.4) is 0 Å². The van der Waals surface area contributed by atoms with Crippen LogP contribution in [-0.2, 0) is 0 Å². The van der Waals surface area contributed by atoms with E-state index in [1.165, 1.54) is 30.6 Å². The number of hydrogen-bond donors (Lipinski definition) is 0. The summed E-state index contributed by atoms with van der Waals surface area (Å²) in [6.45, 7) is 0. The highest BCUT2D eigenvalue weighted by atomic mass is 32.2. The molecule has 3 nitrogen and oxygen atoms in total. The zero-order valence-corrected chi connectivity index (χ0v) is 12.6. The van der Waals surface area contributed by atoms with E-state index in [1.54, 1.807) is 0 Å². The van der Waals surface area contributed by atoms with E-state index in [2.05, 4.69) is 39.9 Å². The Bertz CT molecular complexity index is 745. The Morgan fingerprint density at radius 3 is 2.76 bits per heavy atom. The van der Waals surface area contributed by atoms with Gasteiger partial charge in [0.15, 0.2) is 5.65 Å². The molecular weight excluding hydrogens is 278 g/mol. The molecule has 2 aromatic heterocycles. The highest BCUT2D eigenvalue weighted by Gasteiger charge is 2.23. The molecule has 3 heterocycles. The lowest BCUT2D eigenvalue weighted by atomic mass is 10.2. The van der Waals surface area contributed by atoms with E-state index >= 15 is 0 Å². The van der Waals surface area contributed by atoms with Crippen LogP contribution >= 0.6 is 11.8 Å². The lowest BCUT2D eigenvalue weighted by Gasteiger charge is -2.24. The Hall–Kier alpha value is -1.81. The van der Waals surface area contributed by atoms with Crippen molar-refractivity contribution in [3.8, 4) is 11.4 Å². The summed E-state index contributed by atoms with van der Waals surface area (Å²) in [5.74, 6) is 2.27. The van der Waals surface area contributed by atoms with Gasteiger partial charge in [-0.05, 0) is 37.1 Å². The van der Waals surface area contributed by atoms with Gasteiger partial charge in [-0.25, -0.2) is 9.97 Å². The zero-order chi connectivity index (χ0) is 14.1. The predicted molar refractivity (Wildman–Crippen MR) is 88.3 cm³/mol. The molecule has 1 unspecified atom stereocenters. The van der Waals surface area contributed by atoms with Crippen LogP contribution in [0.1, 0.15) is 24.6 Å². The molecule has 1 saturated heterocycles. The van der Waals surface area contributed by atoms with Gasteiger partial charge in [0.25, 0.3) is 0 Å². The van der Waals surface area contributed by atoms with Gasteiger partial charge in [-0.15, -0.1) is 11.8 Å². The summed E-state index contributed by atoms with van der Waals surface area (Å²) < 4.78 is 2.34. The number of hydrogen-bond acceptors (Lipinski definition) is 3. The standard InChI is InChI=1S/C17H17N3S/c1-2-7-13(8-3-1)16-19-14-9-6-11-18-17(14)20(16)15-10-4-5-12-21-15/h1-3,6-9,11,15H,4-5,10,12H2. The van der Waals surface area contributed by atoms with Gasteiger partial charge < -0.3 is 0 Å². The van der Waals surface area contributed by atoms with Crippen molar-refractivity contribution >= 4 is 22.9 Å². The highest BCUT2D eigenvalue weighted by Crippen LogP contribution is 2.39. The van der Waals surface area contributed by atoms with Crippen molar-refractivity contribution in [3.05, 3.63) is 48.7 Å². The molecular formula is C17H17N3S. The smallest absolute Gasteiger partial charge is 0.161 e. The summed E-state index contributed by atoms with van der Waals surface area (Å²) in [5, 5.41) is 0.453. The molecule has 4 rings (SSSR count). The second-order valence-corrected chi connectivity index (χ2v) is 6.62. The number of nitrogens with zero attached hydrogens (tertiary/aromatic N) is 3. The molecule has 0 N–H and O–H groups in total. The van der Waals surface area contributed by atoms with Crippen molar-refractivity contribution < 1.29 is 0 Å². The average Bonchev–Trinajstić information content (AvgIpc) is 2.96. The molecule has 1 aliphatic rings. The van der Waals surface area contributed by atoms with Crippen LogP contribution in [0, 0.1) is 0 Å². The first kappa shape index (κ1) is 12.9. The lowest BCUT2D eigenvalue weighted by molar-refractivity contribution is 0.581. The van der Waals surface area contributed by atoms with Crippen molar-refractivity contribution in [2.75, 3.05) is 5.75 Å². The van der Waals surface area contributed by atoms with E-state index in [9.17, 15) is 0 Å². The van der Waals surface area contributed by atoms with Crippen molar-refractivity contribution in [3.63, 3.8) is 0 Å². The summed E-state index contributed by atoms with van der Waals surface area (Å²) in [5.41, 5.74) is 3.17. The van der Waals surface area contributed by atoms with E-state index in [4.69, 9.17) is 4.98 Å². The minimum absolute atomic E-state index is 0.453. The fourth-order valence-corrected chi connectivity index (χ4v) is 4.25. The zero-order valence-electron chi connectivity index (χ0n) is 11.8. The molecule has 4 heteroatoms. The van der Waals surface area contributed by atoms with Crippen molar-refractivity contribution in [2.24, 2.45) is 0 Å². The quantitative estimate of drug-likeness (QED) is 0.696. The number of aromatic nitrogens is 3. The second-order valence-electron chi connectivity index (χ2n) is 5.34. The fraction of sp³-hybridized carbons (Fsp3) is 0.294.